The molecule has 86 valence electrons. The van der Waals surface area contributed by atoms with Gasteiger partial charge in [-0.3, -0.25) is 4.79 Å². The number of carbonyl (C=O) groups excluding carboxylic acids is 1. The number of rotatable bonds is 2. The Balaban J connectivity index is 2.70. The number of carbonyl (C=O) groups is 1. The van der Waals surface area contributed by atoms with Gasteiger partial charge in [0, 0.05) is 5.56 Å². The van der Waals surface area contributed by atoms with Gasteiger partial charge in [-0.1, -0.05) is 35.9 Å². The molecule has 0 saturated carbocycles. The van der Waals surface area contributed by atoms with Crippen molar-refractivity contribution in [2.45, 2.75) is 6.92 Å². The summed E-state index contributed by atoms with van der Waals surface area (Å²) in [6.45, 7) is 1.95. The highest BCUT2D eigenvalue weighted by molar-refractivity contribution is 6.29. The molecule has 2 rings (SSSR count). The van der Waals surface area contributed by atoms with Crippen LogP contribution in [0.15, 0.2) is 36.4 Å². The number of nitrogens with two attached hydrogens (primary N) is 1. The minimum Gasteiger partial charge on any atom is -0.366 e. The maximum atomic E-state index is 11.4. The van der Waals surface area contributed by atoms with Crippen LogP contribution < -0.4 is 5.73 Å². The highest BCUT2D eigenvalue weighted by Crippen LogP contribution is 2.26. The molecule has 0 bridgehead atoms. The Kier molecular flexibility index (Phi) is 3.11. The summed E-state index contributed by atoms with van der Waals surface area (Å²) in [5.41, 5.74) is 8.12. The molecule has 0 radical (unpaired) electrons. The minimum absolute atomic E-state index is 0.341. The summed E-state index contributed by atoms with van der Waals surface area (Å²) in [6.07, 6.45) is 0. The number of halogens is 1. The van der Waals surface area contributed by atoms with Crippen LogP contribution in [0, 0.1) is 6.92 Å². The molecular weight excluding hydrogens is 236 g/mol. The van der Waals surface area contributed by atoms with Gasteiger partial charge in [-0.2, -0.15) is 0 Å². The third-order valence-corrected chi connectivity index (χ3v) is 2.74. The highest BCUT2D eigenvalue weighted by atomic mass is 35.5. The Morgan fingerprint density at radius 3 is 2.59 bits per heavy atom. The molecule has 1 heterocycles. The van der Waals surface area contributed by atoms with E-state index in [1.807, 2.05) is 31.2 Å². The number of benzene rings is 1. The molecule has 0 aliphatic rings. The molecule has 2 aromatic rings. The van der Waals surface area contributed by atoms with Crippen LogP contribution in [0.4, 0.5) is 0 Å². The first-order valence-corrected chi connectivity index (χ1v) is 5.49. The van der Waals surface area contributed by atoms with Crippen molar-refractivity contribution >= 4 is 17.5 Å². The van der Waals surface area contributed by atoms with E-state index in [0.717, 1.165) is 11.1 Å². The molecule has 2 N–H and O–H groups in total. The zero-order chi connectivity index (χ0) is 12.4. The van der Waals surface area contributed by atoms with E-state index in [0.29, 0.717) is 16.4 Å². The van der Waals surface area contributed by atoms with Crippen LogP contribution in [-0.4, -0.2) is 10.9 Å². The van der Waals surface area contributed by atoms with Gasteiger partial charge >= 0.3 is 0 Å². The Hall–Kier alpha value is -1.87. The van der Waals surface area contributed by atoms with Crippen LogP contribution in [0.2, 0.25) is 5.15 Å². The van der Waals surface area contributed by atoms with Gasteiger partial charge in [0.25, 0.3) is 5.91 Å². The van der Waals surface area contributed by atoms with Crippen LogP contribution in [0.1, 0.15) is 15.9 Å². The molecule has 3 nitrogen and oxygen atoms in total. The monoisotopic (exact) mass is 246 g/mol. The second-order valence-electron chi connectivity index (χ2n) is 3.71. The van der Waals surface area contributed by atoms with Crippen LogP contribution in [-0.2, 0) is 0 Å². The molecule has 0 fully saturated rings. The molecule has 1 amide bonds. The summed E-state index contributed by atoms with van der Waals surface area (Å²) >= 11 is 5.86. The van der Waals surface area contributed by atoms with Crippen LogP contribution in [0.5, 0.6) is 0 Å². The lowest BCUT2D eigenvalue weighted by Crippen LogP contribution is -2.13. The van der Waals surface area contributed by atoms with Gasteiger partial charge in [0.1, 0.15) is 5.15 Å². The van der Waals surface area contributed by atoms with E-state index in [-0.39, 0.29) is 0 Å². The van der Waals surface area contributed by atoms with Crippen molar-refractivity contribution in [1.82, 2.24) is 4.98 Å². The lowest BCUT2D eigenvalue weighted by molar-refractivity contribution is 0.100. The smallest absolute Gasteiger partial charge is 0.250 e. The SMILES string of the molecule is Cc1ccccc1-c1nc(Cl)ccc1C(N)=O. The van der Waals surface area contributed by atoms with E-state index in [1.54, 1.807) is 12.1 Å². The van der Waals surface area contributed by atoms with Gasteiger partial charge in [0.05, 0.1) is 11.3 Å². The van der Waals surface area contributed by atoms with Crippen molar-refractivity contribution in [3.05, 3.63) is 52.7 Å². The van der Waals surface area contributed by atoms with E-state index < -0.39 is 5.91 Å². The minimum atomic E-state index is -0.507. The maximum absolute atomic E-state index is 11.4. The summed E-state index contributed by atoms with van der Waals surface area (Å²) in [5.74, 6) is -0.507. The average Bonchev–Trinajstić information content (AvgIpc) is 2.29. The molecule has 0 unspecified atom stereocenters. The number of hydrogen-bond acceptors (Lipinski definition) is 2. The predicted molar refractivity (Wildman–Crippen MR) is 67.9 cm³/mol. The van der Waals surface area contributed by atoms with E-state index in [2.05, 4.69) is 4.98 Å². The molecule has 0 spiro atoms. The van der Waals surface area contributed by atoms with Crippen molar-refractivity contribution in [2.24, 2.45) is 5.73 Å². The number of aryl methyl sites for hydroxylation is 1. The normalized spacial score (nSPS) is 10.2. The first kappa shape index (κ1) is 11.6. The van der Waals surface area contributed by atoms with E-state index in [1.165, 1.54) is 0 Å². The predicted octanol–water partition coefficient (Wildman–Crippen LogP) is 2.81. The molecular formula is C13H11ClN2O. The summed E-state index contributed by atoms with van der Waals surface area (Å²) in [7, 11) is 0. The first-order chi connectivity index (χ1) is 8.09. The third kappa shape index (κ3) is 2.29. The standard InChI is InChI=1S/C13H11ClN2O/c1-8-4-2-3-5-9(8)12-10(13(15)17)6-7-11(14)16-12/h2-7H,1H3,(H2,15,17). The zero-order valence-corrected chi connectivity index (χ0v) is 10.0. The van der Waals surface area contributed by atoms with E-state index >= 15 is 0 Å². The second-order valence-corrected chi connectivity index (χ2v) is 4.10. The Morgan fingerprint density at radius 1 is 1.24 bits per heavy atom. The third-order valence-electron chi connectivity index (χ3n) is 2.53. The quantitative estimate of drug-likeness (QED) is 0.829. The number of primary amides is 1. The van der Waals surface area contributed by atoms with Crippen LogP contribution >= 0.6 is 11.6 Å². The van der Waals surface area contributed by atoms with Gasteiger partial charge in [-0.25, -0.2) is 4.98 Å². The first-order valence-electron chi connectivity index (χ1n) is 5.12. The van der Waals surface area contributed by atoms with Crippen molar-refractivity contribution in [1.29, 1.82) is 0 Å². The summed E-state index contributed by atoms with van der Waals surface area (Å²) in [5, 5.41) is 0.341. The Morgan fingerprint density at radius 2 is 1.94 bits per heavy atom. The molecule has 0 aliphatic carbocycles. The molecule has 0 atom stereocenters. The van der Waals surface area contributed by atoms with Crippen molar-refractivity contribution < 1.29 is 4.79 Å². The largest absolute Gasteiger partial charge is 0.366 e. The van der Waals surface area contributed by atoms with Crippen molar-refractivity contribution in [3.63, 3.8) is 0 Å². The number of aromatic nitrogens is 1. The second kappa shape index (κ2) is 4.55. The summed E-state index contributed by atoms with van der Waals surface area (Å²) in [6, 6.07) is 10.8. The lowest BCUT2D eigenvalue weighted by Gasteiger charge is -2.08. The molecule has 17 heavy (non-hydrogen) atoms. The number of nitrogens with zero attached hydrogens (tertiary/aromatic N) is 1. The fraction of sp³-hybridized carbons (Fsp3) is 0.0769. The molecule has 1 aromatic heterocycles. The molecule has 4 heteroatoms. The summed E-state index contributed by atoms with van der Waals surface area (Å²) in [4.78, 5) is 15.5. The van der Waals surface area contributed by atoms with Gasteiger partial charge in [0.2, 0.25) is 0 Å². The van der Waals surface area contributed by atoms with Gasteiger partial charge < -0.3 is 5.73 Å². The molecule has 0 saturated heterocycles. The Bertz CT molecular complexity index is 581. The Labute approximate surface area is 104 Å². The fourth-order valence-electron chi connectivity index (χ4n) is 1.68. The van der Waals surface area contributed by atoms with E-state index in [9.17, 15) is 4.79 Å². The molecule has 1 aromatic carbocycles. The van der Waals surface area contributed by atoms with Crippen LogP contribution in [0.25, 0.3) is 11.3 Å². The average molecular weight is 247 g/mol. The van der Waals surface area contributed by atoms with Crippen molar-refractivity contribution in [3.8, 4) is 11.3 Å². The number of pyridine rings is 1. The maximum Gasteiger partial charge on any atom is 0.250 e. The van der Waals surface area contributed by atoms with Crippen LogP contribution in [0.3, 0.4) is 0 Å². The topological polar surface area (TPSA) is 56.0 Å². The van der Waals surface area contributed by atoms with Gasteiger partial charge in [-0.05, 0) is 24.6 Å². The lowest BCUT2D eigenvalue weighted by atomic mass is 10.0. The molecule has 0 aliphatic heterocycles. The van der Waals surface area contributed by atoms with Crippen molar-refractivity contribution in [2.75, 3.05) is 0 Å². The highest BCUT2D eigenvalue weighted by Gasteiger charge is 2.13. The van der Waals surface area contributed by atoms with Gasteiger partial charge in [-0.15, -0.1) is 0 Å². The number of amides is 1. The zero-order valence-electron chi connectivity index (χ0n) is 9.27. The van der Waals surface area contributed by atoms with E-state index in [4.69, 9.17) is 17.3 Å². The summed E-state index contributed by atoms with van der Waals surface area (Å²) < 4.78 is 0. The number of hydrogen-bond donors (Lipinski definition) is 1. The fourth-order valence-corrected chi connectivity index (χ4v) is 1.83. The van der Waals surface area contributed by atoms with Gasteiger partial charge in [0.15, 0.2) is 0 Å².